The van der Waals surface area contributed by atoms with Crippen LogP contribution in [0.25, 0.3) is 11.3 Å². The largest absolute Gasteiger partial charge is 0.493 e. The third kappa shape index (κ3) is 5.72. The number of nitrogens with two attached hydrogens (primary N) is 1. The van der Waals surface area contributed by atoms with Gasteiger partial charge in [0.2, 0.25) is 5.60 Å². The van der Waals surface area contributed by atoms with Gasteiger partial charge in [0, 0.05) is 16.7 Å². The lowest BCUT2D eigenvalue weighted by Gasteiger charge is -2.32. The summed E-state index contributed by atoms with van der Waals surface area (Å²) in [4.78, 5) is 17.1. The summed E-state index contributed by atoms with van der Waals surface area (Å²) in [6.07, 6.45) is -5.30. The fraction of sp³-hybridized carbons (Fsp3) is 0.379. The molecule has 4 rings (SSSR count). The molecule has 0 aliphatic carbocycles. The lowest BCUT2D eigenvalue weighted by Crippen LogP contribution is -2.52. The maximum absolute atomic E-state index is 14.6. The highest BCUT2D eigenvalue weighted by Gasteiger charge is 2.57. The van der Waals surface area contributed by atoms with Crippen LogP contribution in [-0.2, 0) is 11.1 Å². The molecule has 1 aliphatic heterocycles. The van der Waals surface area contributed by atoms with Gasteiger partial charge in [-0.3, -0.25) is 4.79 Å². The lowest BCUT2D eigenvalue weighted by atomic mass is 9.81. The normalized spacial score (nSPS) is 17.8. The molecule has 0 spiro atoms. The first-order chi connectivity index (χ1) is 19.7. The van der Waals surface area contributed by atoms with Crippen LogP contribution >= 0.6 is 0 Å². The smallest absolute Gasteiger partial charge is 0.424 e. The highest BCUT2D eigenvalue weighted by molar-refractivity contribution is 5.95. The van der Waals surface area contributed by atoms with Crippen LogP contribution in [0.15, 0.2) is 48.5 Å². The number of amides is 1. The second-order valence-corrected chi connectivity index (χ2v) is 10.2. The molecule has 2 heterocycles. The monoisotopic (exact) mass is 593 g/mol. The number of carbonyl (C=O) groups is 1. The van der Waals surface area contributed by atoms with Gasteiger partial charge in [0.1, 0.15) is 24.7 Å². The van der Waals surface area contributed by atoms with Crippen molar-refractivity contribution in [3.05, 3.63) is 71.2 Å². The van der Waals surface area contributed by atoms with Crippen LogP contribution in [0.4, 0.5) is 17.6 Å². The van der Waals surface area contributed by atoms with E-state index in [9.17, 15) is 27.5 Å². The standard InChI is InChI=1S/C29H31F4N3O6/c1-16(2)27(34)15-42-25-20(27)13-23(36-24(25)17-4-7-19(30)8-5-17)28(39,29(31,32)33)14-35-26(38)18-6-9-21(41-11-10-37)22(12-18)40-3/h4-9,12-13,16,37,39H,10-11,14-15,34H2,1-3H3,(H,35,38). The van der Waals surface area contributed by atoms with Crippen LogP contribution < -0.4 is 25.3 Å². The van der Waals surface area contributed by atoms with Crippen molar-refractivity contribution in [3.8, 4) is 28.5 Å². The molecule has 1 aromatic heterocycles. The number of methoxy groups -OCH3 is 1. The van der Waals surface area contributed by atoms with Crippen molar-refractivity contribution in [2.45, 2.75) is 31.2 Å². The van der Waals surface area contributed by atoms with Crippen molar-refractivity contribution in [2.75, 3.05) is 33.5 Å². The van der Waals surface area contributed by atoms with E-state index in [1.54, 1.807) is 13.8 Å². The van der Waals surface area contributed by atoms with Gasteiger partial charge >= 0.3 is 6.18 Å². The number of carbonyl (C=O) groups excluding carboxylic acids is 1. The number of ether oxygens (including phenoxy) is 3. The molecule has 5 N–H and O–H groups in total. The van der Waals surface area contributed by atoms with E-state index in [-0.39, 0.29) is 65.4 Å². The highest BCUT2D eigenvalue weighted by atomic mass is 19.4. The number of benzene rings is 2. The lowest BCUT2D eigenvalue weighted by molar-refractivity contribution is -0.265. The minimum Gasteiger partial charge on any atom is -0.493 e. The molecule has 3 aromatic rings. The number of hydrogen-bond donors (Lipinski definition) is 4. The van der Waals surface area contributed by atoms with Gasteiger partial charge in [-0.2, -0.15) is 13.2 Å². The summed E-state index contributed by atoms with van der Waals surface area (Å²) in [6.45, 7) is 1.90. The number of alkyl halides is 3. The molecular weight excluding hydrogens is 562 g/mol. The highest BCUT2D eigenvalue weighted by Crippen LogP contribution is 2.48. The number of nitrogens with zero attached hydrogens (tertiary/aromatic N) is 1. The van der Waals surface area contributed by atoms with Gasteiger partial charge in [0.25, 0.3) is 5.91 Å². The van der Waals surface area contributed by atoms with Crippen LogP contribution in [-0.4, -0.2) is 60.8 Å². The molecular formula is C29H31F4N3O6. The van der Waals surface area contributed by atoms with Crippen molar-refractivity contribution in [1.82, 2.24) is 10.3 Å². The number of aliphatic hydroxyl groups excluding tert-OH is 1. The first-order valence-corrected chi connectivity index (χ1v) is 13.0. The van der Waals surface area contributed by atoms with E-state index in [1.165, 1.54) is 37.4 Å². The predicted octanol–water partition coefficient (Wildman–Crippen LogP) is 3.65. The fourth-order valence-corrected chi connectivity index (χ4v) is 4.52. The molecule has 13 heteroatoms. The summed E-state index contributed by atoms with van der Waals surface area (Å²) in [5, 5.41) is 22.3. The zero-order valence-corrected chi connectivity index (χ0v) is 23.1. The topological polar surface area (TPSA) is 136 Å². The molecule has 0 radical (unpaired) electrons. The Kier molecular flexibility index (Phi) is 8.67. The number of aliphatic hydroxyl groups is 2. The number of fused-ring (bicyclic) bond motifs is 1. The molecule has 0 saturated carbocycles. The predicted molar refractivity (Wildman–Crippen MR) is 144 cm³/mol. The third-order valence-electron chi connectivity index (χ3n) is 7.25. The molecule has 1 amide bonds. The first-order valence-electron chi connectivity index (χ1n) is 13.0. The van der Waals surface area contributed by atoms with Crippen LogP contribution in [0.1, 0.15) is 35.5 Å². The Bertz CT molecular complexity index is 1450. The zero-order chi connectivity index (χ0) is 30.9. The number of aromatic nitrogens is 1. The molecule has 0 fully saturated rings. The first kappa shape index (κ1) is 31.0. The summed E-state index contributed by atoms with van der Waals surface area (Å²) in [6, 6.07) is 9.84. The molecule has 2 unspecified atom stereocenters. The van der Waals surface area contributed by atoms with Gasteiger partial charge in [-0.1, -0.05) is 13.8 Å². The van der Waals surface area contributed by atoms with Crippen molar-refractivity contribution >= 4 is 5.91 Å². The number of hydrogen-bond acceptors (Lipinski definition) is 8. The molecule has 0 bridgehead atoms. The quantitative estimate of drug-likeness (QED) is 0.262. The van der Waals surface area contributed by atoms with Crippen LogP contribution in [0.2, 0.25) is 0 Å². The van der Waals surface area contributed by atoms with E-state index in [0.29, 0.717) is 0 Å². The molecule has 0 saturated heterocycles. The molecule has 2 aromatic carbocycles. The summed E-state index contributed by atoms with van der Waals surface area (Å²) in [5.41, 5.74) is 1.21. The van der Waals surface area contributed by atoms with E-state index in [4.69, 9.17) is 25.1 Å². The Morgan fingerprint density at radius 2 is 1.86 bits per heavy atom. The second-order valence-electron chi connectivity index (χ2n) is 10.2. The number of rotatable bonds is 10. The average Bonchev–Trinajstić information content (AvgIpc) is 3.31. The van der Waals surface area contributed by atoms with E-state index < -0.39 is 41.3 Å². The van der Waals surface area contributed by atoms with E-state index in [2.05, 4.69) is 10.3 Å². The number of pyridine rings is 1. The van der Waals surface area contributed by atoms with Gasteiger partial charge in [0.05, 0.1) is 31.5 Å². The average molecular weight is 594 g/mol. The van der Waals surface area contributed by atoms with Gasteiger partial charge in [-0.05, 0) is 54.4 Å². The van der Waals surface area contributed by atoms with Crippen molar-refractivity contribution in [3.63, 3.8) is 0 Å². The van der Waals surface area contributed by atoms with E-state index in [0.717, 1.165) is 18.2 Å². The number of halogens is 4. The summed E-state index contributed by atoms with van der Waals surface area (Å²) >= 11 is 0. The van der Waals surface area contributed by atoms with E-state index in [1.807, 2.05) is 0 Å². The Labute approximate surface area is 239 Å². The molecule has 1 aliphatic rings. The summed E-state index contributed by atoms with van der Waals surface area (Å²) in [5.74, 6) is -1.34. The Balaban J connectivity index is 1.75. The van der Waals surface area contributed by atoms with Crippen LogP contribution in [0.3, 0.4) is 0 Å². The zero-order valence-electron chi connectivity index (χ0n) is 23.1. The Morgan fingerprint density at radius 3 is 2.45 bits per heavy atom. The van der Waals surface area contributed by atoms with Crippen LogP contribution in [0.5, 0.6) is 17.2 Å². The SMILES string of the molecule is COc1cc(C(=O)NCC(O)(c2cc3c(c(-c4ccc(F)cc4)n2)OCC3(N)C(C)C)C(F)(F)F)ccc1OCCO. The summed E-state index contributed by atoms with van der Waals surface area (Å²) in [7, 11) is 1.31. The molecule has 2 atom stereocenters. The number of nitrogens with one attached hydrogen (secondary N) is 1. The molecule has 9 nitrogen and oxygen atoms in total. The van der Waals surface area contributed by atoms with Gasteiger partial charge < -0.3 is 35.5 Å². The molecule has 42 heavy (non-hydrogen) atoms. The van der Waals surface area contributed by atoms with Gasteiger partial charge in [0.15, 0.2) is 17.2 Å². The Morgan fingerprint density at radius 1 is 1.17 bits per heavy atom. The maximum Gasteiger partial charge on any atom is 0.424 e. The summed E-state index contributed by atoms with van der Waals surface area (Å²) < 4.78 is 73.8. The molecule has 226 valence electrons. The van der Waals surface area contributed by atoms with Gasteiger partial charge in [-0.15, -0.1) is 0 Å². The fourth-order valence-electron chi connectivity index (χ4n) is 4.52. The Hall–Kier alpha value is -3.94. The van der Waals surface area contributed by atoms with Crippen molar-refractivity contribution in [1.29, 1.82) is 0 Å². The van der Waals surface area contributed by atoms with Crippen molar-refractivity contribution < 1.29 is 46.8 Å². The van der Waals surface area contributed by atoms with Crippen LogP contribution in [0, 0.1) is 11.7 Å². The van der Waals surface area contributed by atoms with Gasteiger partial charge in [-0.25, -0.2) is 9.37 Å². The minimum atomic E-state index is -5.30. The minimum absolute atomic E-state index is 0.0415. The third-order valence-corrected chi connectivity index (χ3v) is 7.25. The van der Waals surface area contributed by atoms with E-state index >= 15 is 0 Å². The van der Waals surface area contributed by atoms with Crippen molar-refractivity contribution in [2.24, 2.45) is 11.7 Å². The second kappa shape index (κ2) is 11.7. The maximum atomic E-state index is 14.6.